The predicted molar refractivity (Wildman–Crippen MR) is 81.9 cm³/mol. The van der Waals surface area contributed by atoms with E-state index in [-0.39, 0.29) is 19.0 Å². The zero-order valence-electron chi connectivity index (χ0n) is 13.3. The second-order valence-electron chi connectivity index (χ2n) is 6.84. The first-order valence-corrected chi connectivity index (χ1v) is 8.39. The van der Waals surface area contributed by atoms with Crippen LogP contribution in [0.3, 0.4) is 0 Å². The van der Waals surface area contributed by atoms with Crippen LogP contribution in [0, 0.1) is 11.8 Å². The average molecular weight is 298 g/mol. The highest BCUT2D eigenvalue weighted by Gasteiger charge is 2.49. The maximum absolute atomic E-state index is 12.3. The van der Waals surface area contributed by atoms with Crippen LogP contribution < -0.4 is 5.32 Å². The smallest absolute Gasteiger partial charge is 0.224 e. The zero-order valence-corrected chi connectivity index (χ0v) is 13.3. The molecule has 122 valence electrons. The summed E-state index contributed by atoms with van der Waals surface area (Å²) in [5.74, 6) is 0.492. The molecule has 3 rings (SSSR count). The van der Waals surface area contributed by atoms with Crippen LogP contribution in [0.4, 0.5) is 0 Å². The Morgan fingerprint density at radius 1 is 1.43 bits per heavy atom. The fraction of sp³-hybridized carbons (Fsp3) is 0.938. The number of carbonyl (C=O) groups excluding carboxylic acids is 1. The van der Waals surface area contributed by atoms with Gasteiger partial charge < -0.3 is 19.7 Å². The Morgan fingerprint density at radius 3 is 2.90 bits per heavy atom. The molecule has 2 aliphatic heterocycles. The molecule has 0 bridgehead atoms. The summed E-state index contributed by atoms with van der Waals surface area (Å²) in [7, 11) is 2.16. The molecule has 5 heteroatoms. The summed E-state index contributed by atoms with van der Waals surface area (Å²) < 4.78 is 11.8. The molecule has 1 aliphatic carbocycles. The van der Waals surface area contributed by atoms with Crippen LogP contribution in [0.25, 0.3) is 0 Å². The molecule has 3 fully saturated rings. The van der Waals surface area contributed by atoms with Gasteiger partial charge in [-0.2, -0.15) is 0 Å². The van der Waals surface area contributed by atoms with Crippen LogP contribution in [0.1, 0.15) is 40.5 Å². The number of hydrogen-bond donors (Lipinski definition) is 1. The van der Waals surface area contributed by atoms with Crippen molar-refractivity contribution in [2.45, 2.75) is 50.9 Å². The van der Waals surface area contributed by atoms with Gasteiger partial charge in [0.1, 0.15) is 0 Å². The zero-order chi connectivity index (χ0) is 14.9. The molecular formula is C16H30N2O3. The summed E-state index contributed by atoms with van der Waals surface area (Å²) in [5, 5.41) is 3.05. The Kier molecular flexibility index (Phi) is 4.52. The predicted octanol–water partition coefficient (Wildman–Crippen LogP) is 1.62. The van der Waals surface area contributed by atoms with Crippen LogP contribution in [0.15, 0.2) is 0 Å². The van der Waals surface area contributed by atoms with Gasteiger partial charge in [-0.05, 0) is 32.2 Å². The summed E-state index contributed by atoms with van der Waals surface area (Å²) in [4.78, 5) is 14.7. The highest BCUT2D eigenvalue weighted by Crippen LogP contribution is 2.44. The van der Waals surface area contributed by atoms with Crippen LogP contribution in [0.5, 0.6) is 0 Å². The number of ether oxygens (including phenoxy) is 2. The number of nitrogens with zero attached hydrogens (tertiary/aromatic N) is 1. The van der Waals surface area contributed by atoms with Gasteiger partial charge in [0.15, 0.2) is 5.79 Å². The molecule has 2 heterocycles. The normalized spacial score (nSPS) is 35.6. The second-order valence-corrected chi connectivity index (χ2v) is 6.84. The molecule has 0 unspecified atom stereocenters. The fourth-order valence-electron chi connectivity index (χ4n) is 4.33. The summed E-state index contributed by atoms with van der Waals surface area (Å²) in [6.07, 6.45) is 5.01. The topological polar surface area (TPSA) is 50.8 Å². The molecular weight excluding hydrogens is 268 g/mol. The van der Waals surface area contributed by atoms with Crippen LogP contribution >= 0.6 is 0 Å². The van der Waals surface area contributed by atoms with Crippen molar-refractivity contribution in [2.24, 2.45) is 11.8 Å². The third-order valence-corrected chi connectivity index (χ3v) is 5.33. The van der Waals surface area contributed by atoms with E-state index >= 15 is 0 Å². The van der Waals surface area contributed by atoms with Crippen molar-refractivity contribution >= 4 is 5.91 Å². The van der Waals surface area contributed by atoms with E-state index in [0.717, 1.165) is 45.2 Å². The van der Waals surface area contributed by atoms with Gasteiger partial charge >= 0.3 is 0 Å². The van der Waals surface area contributed by atoms with E-state index in [1.165, 1.54) is 0 Å². The lowest BCUT2D eigenvalue weighted by Gasteiger charge is -2.49. The Labute approximate surface area is 128 Å². The van der Waals surface area contributed by atoms with Gasteiger partial charge in [-0.15, -0.1) is 0 Å². The lowest BCUT2D eigenvalue weighted by molar-refractivity contribution is -0.202. The van der Waals surface area contributed by atoms with Crippen molar-refractivity contribution in [3.8, 4) is 0 Å². The maximum Gasteiger partial charge on any atom is 0.224 e. The number of rotatable bonds is 3. The monoisotopic (exact) mass is 298 g/mol. The lowest BCUT2D eigenvalue weighted by Crippen LogP contribution is -2.55. The summed E-state index contributed by atoms with van der Waals surface area (Å²) in [6, 6.07) is 0.582. The number of hydrogen-bond acceptors (Lipinski definition) is 4. The highest BCUT2D eigenvalue weighted by atomic mass is 16.7. The molecule has 1 N–H and O–H groups in total. The lowest BCUT2D eigenvalue weighted by atomic mass is 9.72. The van der Waals surface area contributed by atoms with Crippen LogP contribution in [0.2, 0.25) is 0 Å². The second kappa shape index (κ2) is 6.23. The van der Waals surface area contributed by atoms with Crippen LogP contribution in [-0.2, 0) is 14.3 Å². The van der Waals surface area contributed by atoms with E-state index in [0.29, 0.717) is 25.2 Å². The van der Waals surface area contributed by atoms with Crippen molar-refractivity contribution in [1.82, 2.24) is 10.2 Å². The SMILES string of the molecule is CCCNC(=O)[C@@H]1C[C@@H]2CC3(CC[C@H]2N(C)C1)OCCO3.[HH]. The molecule has 5 nitrogen and oxygen atoms in total. The maximum atomic E-state index is 12.3. The van der Waals surface area contributed by atoms with E-state index in [2.05, 4.69) is 24.2 Å². The molecule has 0 aromatic carbocycles. The molecule has 2 saturated heterocycles. The molecule has 1 spiro atoms. The summed E-state index contributed by atoms with van der Waals surface area (Å²) >= 11 is 0. The van der Waals surface area contributed by atoms with Crippen molar-refractivity contribution < 1.29 is 15.7 Å². The fourth-order valence-corrected chi connectivity index (χ4v) is 4.33. The van der Waals surface area contributed by atoms with Gasteiger partial charge in [-0.25, -0.2) is 0 Å². The van der Waals surface area contributed by atoms with Gasteiger partial charge in [-0.3, -0.25) is 4.79 Å². The van der Waals surface area contributed by atoms with E-state index in [4.69, 9.17) is 9.47 Å². The number of carbonyl (C=O) groups is 1. The van der Waals surface area contributed by atoms with Crippen molar-refractivity contribution in [1.29, 1.82) is 0 Å². The molecule has 1 amide bonds. The molecule has 3 atom stereocenters. The summed E-state index contributed by atoms with van der Waals surface area (Å²) in [5.41, 5.74) is 0. The third kappa shape index (κ3) is 3.10. The van der Waals surface area contributed by atoms with Crippen molar-refractivity contribution in [3.05, 3.63) is 0 Å². The minimum Gasteiger partial charge on any atom is -0.356 e. The quantitative estimate of drug-likeness (QED) is 0.860. The number of amides is 1. The summed E-state index contributed by atoms with van der Waals surface area (Å²) in [6.45, 7) is 5.18. The van der Waals surface area contributed by atoms with Gasteiger partial charge in [0.05, 0.1) is 19.1 Å². The first-order valence-electron chi connectivity index (χ1n) is 8.39. The number of piperidine rings is 1. The van der Waals surface area contributed by atoms with E-state index in [1.54, 1.807) is 0 Å². The minimum absolute atomic E-state index is 0. The van der Waals surface area contributed by atoms with Gasteiger partial charge in [-0.1, -0.05) is 6.92 Å². The Bertz CT molecular complexity index is 388. The molecule has 0 radical (unpaired) electrons. The van der Waals surface area contributed by atoms with E-state index in [9.17, 15) is 4.79 Å². The first-order chi connectivity index (χ1) is 10.1. The van der Waals surface area contributed by atoms with Gasteiger partial charge in [0, 0.05) is 33.4 Å². The number of nitrogens with one attached hydrogen (secondary N) is 1. The molecule has 0 aromatic rings. The largest absolute Gasteiger partial charge is 0.356 e. The van der Waals surface area contributed by atoms with Crippen molar-refractivity contribution in [3.63, 3.8) is 0 Å². The number of fused-ring (bicyclic) bond motifs is 1. The average Bonchev–Trinajstić information content (AvgIpc) is 2.92. The van der Waals surface area contributed by atoms with Gasteiger partial charge in [0.2, 0.25) is 5.91 Å². The highest BCUT2D eigenvalue weighted by molar-refractivity contribution is 5.79. The molecule has 0 aromatic heterocycles. The van der Waals surface area contributed by atoms with E-state index in [1.807, 2.05) is 0 Å². The Balaban J connectivity index is 0.00000176. The Morgan fingerprint density at radius 2 is 2.19 bits per heavy atom. The van der Waals surface area contributed by atoms with Gasteiger partial charge in [0.25, 0.3) is 0 Å². The standard InChI is InChI=1S/C16H28N2O3.H2/c1-3-6-17-15(19)13-9-12-10-16(20-7-8-21-16)5-4-14(12)18(2)11-13;/h12-14H,3-11H2,1-2H3,(H,17,19);1H/t12-,13-,14-;/m1./s1. The van der Waals surface area contributed by atoms with Crippen molar-refractivity contribution in [2.75, 3.05) is 33.4 Å². The Hall–Kier alpha value is -0.650. The third-order valence-electron chi connectivity index (χ3n) is 5.33. The first kappa shape index (κ1) is 15.3. The minimum atomic E-state index is -0.343. The molecule has 3 aliphatic rings. The number of likely N-dealkylation sites (tertiary alicyclic amines) is 1. The molecule has 21 heavy (non-hydrogen) atoms. The van der Waals surface area contributed by atoms with Crippen LogP contribution in [-0.4, -0.2) is 56.0 Å². The van der Waals surface area contributed by atoms with E-state index < -0.39 is 0 Å². The molecule has 1 saturated carbocycles.